The molecule has 7 aromatic carbocycles. The predicted octanol–water partition coefficient (Wildman–Crippen LogP) is 11.3. The molecule has 0 unspecified atom stereocenters. The normalized spacial score (nSPS) is 10.8. The maximum atomic E-state index is 9.41. The van der Waals surface area contributed by atoms with Crippen molar-refractivity contribution in [2.75, 3.05) is 0 Å². The number of hydrogen-bond acceptors (Lipinski definition) is 7. The van der Waals surface area contributed by atoms with Gasteiger partial charge in [-0.1, -0.05) is 152 Å². The summed E-state index contributed by atoms with van der Waals surface area (Å²) in [6.45, 7) is 0. The molecule has 2 aromatic heterocycles. The summed E-state index contributed by atoms with van der Waals surface area (Å²) < 4.78 is 0. The van der Waals surface area contributed by atoms with Crippen molar-refractivity contribution in [2.45, 2.75) is 0 Å². The van der Waals surface area contributed by atoms with Crippen LogP contribution in [0.15, 0.2) is 188 Å². The summed E-state index contributed by atoms with van der Waals surface area (Å²) in [4.78, 5) is 29.6. The molecule has 0 fully saturated rings. The molecule has 56 heavy (non-hydrogen) atoms. The van der Waals surface area contributed by atoms with Crippen LogP contribution in [-0.4, -0.2) is 29.9 Å². The van der Waals surface area contributed by atoms with E-state index < -0.39 is 0 Å². The van der Waals surface area contributed by atoms with E-state index in [0.29, 0.717) is 40.5 Å². The van der Waals surface area contributed by atoms with Gasteiger partial charge in [0.25, 0.3) is 0 Å². The Kier molecular flexibility index (Phi) is 9.18. The second kappa shape index (κ2) is 15.2. The van der Waals surface area contributed by atoms with Crippen molar-refractivity contribution < 1.29 is 0 Å². The van der Waals surface area contributed by atoms with Crippen LogP contribution in [-0.2, 0) is 0 Å². The lowest BCUT2D eigenvalue weighted by molar-refractivity contribution is 1.07. The molecule has 0 saturated heterocycles. The highest BCUT2D eigenvalue weighted by Gasteiger charge is 2.16. The van der Waals surface area contributed by atoms with E-state index in [-0.39, 0.29) is 0 Å². The van der Waals surface area contributed by atoms with Crippen LogP contribution in [0.25, 0.3) is 90.6 Å². The fourth-order valence-electron chi connectivity index (χ4n) is 6.51. The van der Waals surface area contributed by atoms with Crippen LogP contribution in [0.5, 0.6) is 0 Å². The van der Waals surface area contributed by atoms with E-state index in [1.165, 1.54) is 0 Å². The fraction of sp³-hybridized carbons (Fsp3) is 0. The third-order valence-electron chi connectivity index (χ3n) is 9.43. The molecule has 0 spiro atoms. The Morgan fingerprint density at radius 2 is 0.518 bits per heavy atom. The van der Waals surface area contributed by atoms with Gasteiger partial charge in [0.2, 0.25) is 0 Å². The van der Waals surface area contributed by atoms with Gasteiger partial charge in [0.1, 0.15) is 0 Å². The smallest absolute Gasteiger partial charge is 0.164 e. The lowest BCUT2D eigenvalue weighted by Crippen LogP contribution is -2.00. The second-order valence-electron chi connectivity index (χ2n) is 13.1. The molecule has 0 N–H and O–H groups in total. The van der Waals surface area contributed by atoms with Crippen LogP contribution in [0.3, 0.4) is 0 Å². The van der Waals surface area contributed by atoms with Crippen molar-refractivity contribution >= 4 is 0 Å². The molecule has 0 bridgehead atoms. The van der Waals surface area contributed by atoms with Crippen molar-refractivity contribution in [3.8, 4) is 96.7 Å². The van der Waals surface area contributed by atoms with Gasteiger partial charge in [0.15, 0.2) is 34.9 Å². The Labute approximate surface area is 324 Å². The molecule has 7 nitrogen and oxygen atoms in total. The molecule has 0 aliphatic carbocycles. The van der Waals surface area contributed by atoms with Gasteiger partial charge in [-0.3, -0.25) is 0 Å². The van der Waals surface area contributed by atoms with Gasteiger partial charge < -0.3 is 0 Å². The number of hydrogen-bond donors (Lipinski definition) is 0. The van der Waals surface area contributed by atoms with E-state index in [0.717, 1.165) is 55.6 Å². The topological polar surface area (TPSA) is 101 Å². The summed E-state index contributed by atoms with van der Waals surface area (Å²) in [5.74, 6) is 3.42. The fourth-order valence-corrected chi connectivity index (χ4v) is 6.51. The highest BCUT2D eigenvalue weighted by Crippen LogP contribution is 2.32. The van der Waals surface area contributed by atoms with E-state index in [1.54, 1.807) is 12.1 Å². The highest BCUT2D eigenvalue weighted by atomic mass is 15.0. The summed E-state index contributed by atoms with van der Waals surface area (Å²) >= 11 is 0. The molecule has 9 aromatic rings. The Morgan fingerprint density at radius 1 is 0.250 bits per heavy atom. The van der Waals surface area contributed by atoms with Gasteiger partial charge in [-0.25, -0.2) is 29.9 Å². The first kappa shape index (κ1) is 33.9. The third kappa shape index (κ3) is 7.19. The van der Waals surface area contributed by atoms with Crippen LogP contribution in [0, 0.1) is 11.3 Å². The lowest BCUT2D eigenvalue weighted by Gasteiger charge is -2.11. The maximum absolute atomic E-state index is 9.41. The molecule has 262 valence electrons. The Balaban J connectivity index is 1.11. The Bertz CT molecular complexity index is 2780. The molecule has 0 atom stereocenters. The van der Waals surface area contributed by atoms with Crippen molar-refractivity contribution in [2.24, 2.45) is 0 Å². The minimum Gasteiger partial charge on any atom is -0.208 e. The first-order valence-corrected chi connectivity index (χ1v) is 18.2. The maximum Gasteiger partial charge on any atom is 0.164 e. The quantitative estimate of drug-likeness (QED) is 0.154. The van der Waals surface area contributed by atoms with Gasteiger partial charge in [-0.15, -0.1) is 0 Å². The molecular weight excluding hydrogens is 687 g/mol. The number of aromatic nitrogens is 6. The van der Waals surface area contributed by atoms with E-state index in [2.05, 4.69) is 54.6 Å². The molecule has 0 aliphatic rings. The molecule has 0 aliphatic heterocycles. The first-order valence-electron chi connectivity index (χ1n) is 18.2. The average molecular weight is 718 g/mol. The third-order valence-corrected chi connectivity index (χ3v) is 9.43. The first-order chi connectivity index (χ1) is 27.7. The zero-order valence-electron chi connectivity index (χ0n) is 30.0. The van der Waals surface area contributed by atoms with E-state index >= 15 is 0 Å². The van der Waals surface area contributed by atoms with Gasteiger partial charge in [0, 0.05) is 33.4 Å². The molecular formula is C49H31N7. The monoisotopic (exact) mass is 717 g/mol. The molecule has 0 amide bonds. The summed E-state index contributed by atoms with van der Waals surface area (Å²) in [6, 6.07) is 64.4. The Hall–Kier alpha value is -7.95. The summed E-state index contributed by atoms with van der Waals surface area (Å²) in [6.07, 6.45) is 0. The van der Waals surface area contributed by atoms with Gasteiger partial charge in [0.05, 0.1) is 11.6 Å². The van der Waals surface area contributed by atoms with Crippen molar-refractivity contribution in [1.29, 1.82) is 5.26 Å². The minimum atomic E-state index is 0.521. The molecule has 9 rings (SSSR count). The average Bonchev–Trinajstić information content (AvgIpc) is 3.30. The van der Waals surface area contributed by atoms with Crippen molar-refractivity contribution in [1.82, 2.24) is 29.9 Å². The van der Waals surface area contributed by atoms with Crippen molar-refractivity contribution in [3.63, 3.8) is 0 Å². The SMILES string of the molecule is N#Cc1ccc(-c2nc(-c3ccc(-c4ccccc4)cc3)nc(-c3cccc(-c4cccc(-c5nc(-c6ccccc6)nc(-c6ccccc6)n5)c4)c3)n2)cc1. The number of benzene rings is 7. The second-order valence-corrected chi connectivity index (χ2v) is 13.1. The molecule has 2 heterocycles. The number of rotatable bonds is 8. The van der Waals surface area contributed by atoms with Gasteiger partial charge >= 0.3 is 0 Å². The van der Waals surface area contributed by atoms with Crippen LogP contribution < -0.4 is 0 Å². The summed E-state index contributed by atoms with van der Waals surface area (Å²) in [5, 5.41) is 9.41. The van der Waals surface area contributed by atoms with E-state index in [9.17, 15) is 5.26 Å². The Morgan fingerprint density at radius 3 is 0.911 bits per heavy atom. The molecule has 0 radical (unpaired) electrons. The lowest BCUT2D eigenvalue weighted by atomic mass is 10.0. The zero-order chi connectivity index (χ0) is 37.7. The van der Waals surface area contributed by atoms with Gasteiger partial charge in [-0.05, 0) is 58.7 Å². The van der Waals surface area contributed by atoms with Crippen LogP contribution in [0.1, 0.15) is 5.56 Å². The predicted molar refractivity (Wildman–Crippen MR) is 221 cm³/mol. The molecule has 7 heteroatoms. The van der Waals surface area contributed by atoms with E-state index in [4.69, 9.17) is 29.9 Å². The van der Waals surface area contributed by atoms with E-state index in [1.807, 2.05) is 127 Å². The van der Waals surface area contributed by atoms with Crippen LogP contribution in [0.2, 0.25) is 0 Å². The molecule has 0 saturated carbocycles. The minimum absolute atomic E-state index is 0.521. The van der Waals surface area contributed by atoms with Crippen LogP contribution in [0.4, 0.5) is 0 Å². The standard InChI is InChI=1S/C49H31N7/c50-32-33-22-24-38(25-23-33)46-52-47(39-28-26-35(27-29-39)34-12-4-1-5-13-34)56-49(55-46)43-21-11-19-41(31-43)40-18-10-20-42(30-40)48-53-44(36-14-6-2-7-15-36)51-45(54-48)37-16-8-3-9-17-37/h1-31H. The largest absolute Gasteiger partial charge is 0.208 e. The van der Waals surface area contributed by atoms with Crippen molar-refractivity contribution in [3.05, 3.63) is 194 Å². The summed E-state index contributed by atoms with van der Waals surface area (Å²) in [5.41, 5.74) is 10.00. The van der Waals surface area contributed by atoms with Crippen LogP contribution >= 0.6 is 0 Å². The number of nitriles is 1. The van der Waals surface area contributed by atoms with Gasteiger partial charge in [-0.2, -0.15) is 5.26 Å². The highest BCUT2D eigenvalue weighted by molar-refractivity contribution is 5.77. The summed E-state index contributed by atoms with van der Waals surface area (Å²) in [7, 11) is 0. The zero-order valence-corrected chi connectivity index (χ0v) is 30.0. The number of nitrogens with zero attached hydrogens (tertiary/aromatic N) is 7.